The molecule has 1 saturated heterocycles. The van der Waals surface area contributed by atoms with Crippen LogP contribution in [-0.4, -0.2) is 48.2 Å². The van der Waals surface area contributed by atoms with Crippen LogP contribution in [0.3, 0.4) is 0 Å². The second-order valence-electron chi connectivity index (χ2n) is 5.07. The zero-order valence-electron chi connectivity index (χ0n) is 12.8. The Labute approximate surface area is 138 Å². The molecule has 0 radical (unpaired) electrons. The minimum absolute atomic E-state index is 0.0913. The molecule has 1 atom stereocenters. The number of imide groups is 1. The highest BCUT2D eigenvalue weighted by Gasteiger charge is 2.33. The number of ether oxygens (including phenoxy) is 1. The predicted molar refractivity (Wildman–Crippen MR) is 86.2 cm³/mol. The first kappa shape index (κ1) is 17.1. The Morgan fingerprint density at radius 1 is 1.43 bits per heavy atom. The average molecular weight is 337 g/mol. The van der Waals surface area contributed by atoms with Crippen LogP contribution in [0.25, 0.3) is 0 Å². The summed E-state index contributed by atoms with van der Waals surface area (Å²) < 4.78 is 5.11. The Balaban J connectivity index is 1.84. The van der Waals surface area contributed by atoms with Crippen molar-refractivity contribution in [2.45, 2.75) is 23.8 Å². The maximum atomic E-state index is 12.0. The fourth-order valence-electron chi connectivity index (χ4n) is 2.37. The van der Waals surface area contributed by atoms with E-state index in [2.05, 4.69) is 5.32 Å². The number of nitrogens with one attached hydrogen (secondary N) is 1. The van der Waals surface area contributed by atoms with E-state index in [1.54, 1.807) is 7.11 Å². The van der Waals surface area contributed by atoms with Crippen molar-refractivity contribution in [2.24, 2.45) is 5.73 Å². The molecule has 0 saturated carbocycles. The number of thioether (sulfide) groups is 1. The van der Waals surface area contributed by atoms with Gasteiger partial charge in [0.1, 0.15) is 11.8 Å². The number of carbonyl (C=O) groups excluding carboxylic acids is 3. The van der Waals surface area contributed by atoms with Crippen molar-refractivity contribution in [3.8, 4) is 5.75 Å². The number of carbonyl (C=O) groups is 3. The first-order valence-electron chi connectivity index (χ1n) is 7.18. The van der Waals surface area contributed by atoms with Gasteiger partial charge >= 0.3 is 6.03 Å². The molecule has 23 heavy (non-hydrogen) atoms. The van der Waals surface area contributed by atoms with Gasteiger partial charge in [0.15, 0.2) is 0 Å². The SMILES string of the molecule is COc1cccc(SCC(=O)NC(=O)N2CCCC2C(N)=O)c1. The van der Waals surface area contributed by atoms with Gasteiger partial charge < -0.3 is 15.4 Å². The highest BCUT2D eigenvalue weighted by molar-refractivity contribution is 8.00. The highest BCUT2D eigenvalue weighted by atomic mass is 32.2. The molecule has 1 aliphatic rings. The number of nitrogens with two attached hydrogens (primary N) is 1. The summed E-state index contributed by atoms with van der Waals surface area (Å²) in [6.45, 7) is 0.426. The maximum absolute atomic E-state index is 12.0. The van der Waals surface area contributed by atoms with Crippen molar-refractivity contribution in [1.82, 2.24) is 10.2 Å². The first-order chi connectivity index (χ1) is 11.0. The smallest absolute Gasteiger partial charge is 0.324 e. The number of methoxy groups -OCH3 is 1. The quantitative estimate of drug-likeness (QED) is 0.780. The Morgan fingerprint density at radius 2 is 2.22 bits per heavy atom. The fourth-order valence-corrected chi connectivity index (χ4v) is 3.12. The number of benzene rings is 1. The summed E-state index contributed by atoms with van der Waals surface area (Å²) in [5.41, 5.74) is 5.26. The summed E-state index contributed by atoms with van der Waals surface area (Å²) in [5.74, 6) is -0.171. The molecular formula is C15H19N3O4S. The largest absolute Gasteiger partial charge is 0.497 e. The maximum Gasteiger partial charge on any atom is 0.324 e. The van der Waals surface area contributed by atoms with Crippen LogP contribution in [0.2, 0.25) is 0 Å². The van der Waals surface area contributed by atoms with Crippen LogP contribution < -0.4 is 15.8 Å². The summed E-state index contributed by atoms with van der Waals surface area (Å²) >= 11 is 1.30. The van der Waals surface area contributed by atoms with Gasteiger partial charge in [0.25, 0.3) is 0 Å². The van der Waals surface area contributed by atoms with Crippen LogP contribution in [-0.2, 0) is 9.59 Å². The average Bonchev–Trinajstić information content (AvgIpc) is 3.03. The molecule has 0 spiro atoms. The van der Waals surface area contributed by atoms with E-state index in [9.17, 15) is 14.4 Å². The molecule has 8 heteroatoms. The van der Waals surface area contributed by atoms with Crippen molar-refractivity contribution < 1.29 is 19.1 Å². The predicted octanol–water partition coefficient (Wildman–Crippen LogP) is 0.973. The van der Waals surface area contributed by atoms with Crippen molar-refractivity contribution in [3.05, 3.63) is 24.3 Å². The van der Waals surface area contributed by atoms with E-state index >= 15 is 0 Å². The second-order valence-corrected chi connectivity index (χ2v) is 6.12. The van der Waals surface area contributed by atoms with Crippen LogP contribution in [0.15, 0.2) is 29.2 Å². The molecule has 1 heterocycles. The van der Waals surface area contributed by atoms with Gasteiger partial charge in [-0.1, -0.05) is 6.07 Å². The van der Waals surface area contributed by atoms with Gasteiger partial charge in [0.2, 0.25) is 11.8 Å². The Morgan fingerprint density at radius 3 is 2.91 bits per heavy atom. The topological polar surface area (TPSA) is 102 Å². The van der Waals surface area contributed by atoms with E-state index in [0.717, 1.165) is 4.90 Å². The van der Waals surface area contributed by atoms with Gasteiger partial charge in [-0.2, -0.15) is 0 Å². The van der Waals surface area contributed by atoms with Crippen molar-refractivity contribution in [1.29, 1.82) is 0 Å². The number of urea groups is 1. The zero-order valence-corrected chi connectivity index (χ0v) is 13.6. The summed E-state index contributed by atoms with van der Waals surface area (Å²) in [7, 11) is 1.57. The number of primary amides is 1. The molecule has 1 aromatic carbocycles. The third-order valence-corrected chi connectivity index (χ3v) is 4.49. The molecule has 0 bridgehead atoms. The molecule has 1 unspecified atom stereocenters. The number of hydrogen-bond donors (Lipinski definition) is 2. The van der Waals surface area contributed by atoms with Crippen LogP contribution in [0.1, 0.15) is 12.8 Å². The lowest BCUT2D eigenvalue weighted by Crippen LogP contribution is -2.49. The fraction of sp³-hybridized carbons (Fsp3) is 0.400. The van der Waals surface area contributed by atoms with Crippen LogP contribution in [0, 0.1) is 0 Å². The van der Waals surface area contributed by atoms with Crippen molar-refractivity contribution in [2.75, 3.05) is 19.4 Å². The molecule has 7 nitrogen and oxygen atoms in total. The molecule has 1 fully saturated rings. The molecule has 1 aliphatic heterocycles. The Bertz CT molecular complexity index is 608. The molecule has 4 amide bonds. The number of amides is 4. The van der Waals surface area contributed by atoms with Crippen LogP contribution >= 0.6 is 11.8 Å². The lowest BCUT2D eigenvalue weighted by Gasteiger charge is -2.21. The lowest BCUT2D eigenvalue weighted by molar-refractivity contribution is -0.122. The molecule has 3 N–H and O–H groups in total. The van der Waals surface area contributed by atoms with Gasteiger partial charge in [0, 0.05) is 11.4 Å². The summed E-state index contributed by atoms with van der Waals surface area (Å²) in [6, 6.07) is 6.10. The Hall–Kier alpha value is -2.22. The minimum Gasteiger partial charge on any atom is -0.497 e. The summed E-state index contributed by atoms with van der Waals surface area (Å²) in [6.07, 6.45) is 1.24. The van der Waals surface area contributed by atoms with Gasteiger partial charge in [-0.05, 0) is 31.0 Å². The number of rotatable bonds is 5. The zero-order chi connectivity index (χ0) is 16.8. The van der Waals surface area contributed by atoms with Gasteiger partial charge in [-0.15, -0.1) is 11.8 Å². The van der Waals surface area contributed by atoms with Crippen molar-refractivity contribution in [3.63, 3.8) is 0 Å². The summed E-state index contributed by atoms with van der Waals surface area (Å²) in [4.78, 5) is 37.4. The third-order valence-electron chi connectivity index (χ3n) is 3.50. The van der Waals surface area contributed by atoms with Gasteiger partial charge in [-0.25, -0.2) is 4.79 Å². The lowest BCUT2D eigenvalue weighted by atomic mass is 10.2. The minimum atomic E-state index is -0.631. The third kappa shape index (κ3) is 4.62. The number of nitrogens with zero attached hydrogens (tertiary/aromatic N) is 1. The normalized spacial score (nSPS) is 16.9. The van der Waals surface area contributed by atoms with E-state index in [0.29, 0.717) is 25.1 Å². The van der Waals surface area contributed by atoms with E-state index in [1.165, 1.54) is 16.7 Å². The standard InChI is InChI=1S/C15H19N3O4S/c1-22-10-4-2-5-11(8-10)23-9-13(19)17-15(21)18-7-3-6-12(18)14(16)20/h2,4-5,8,12H,3,6-7,9H2,1H3,(H2,16,20)(H,17,19,21). The Kier molecular flexibility index (Phi) is 5.86. The van der Waals surface area contributed by atoms with Gasteiger partial charge in [0.05, 0.1) is 12.9 Å². The van der Waals surface area contributed by atoms with E-state index in [1.807, 2.05) is 24.3 Å². The molecular weight excluding hydrogens is 318 g/mol. The highest BCUT2D eigenvalue weighted by Crippen LogP contribution is 2.22. The molecule has 124 valence electrons. The number of likely N-dealkylation sites (tertiary alicyclic amines) is 1. The van der Waals surface area contributed by atoms with E-state index < -0.39 is 23.9 Å². The molecule has 0 aliphatic carbocycles. The van der Waals surface area contributed by atoms with Crippen molar-refractivity contribution >= 4 is 29.6 Å². The van der Waals surface area contributed by atoms with E-state index in [-0.39, 0.29) is 5.75 Å². The molecule has 0 aromatic heterocycles. The number of hydrogen-bond acceptors (Lipinski definition) is 5. The first-order valence-corrected chi connectivity index (χ1v) is 8.16. The van der Waals surface area contributed by atoms with E-state index in [4.69, 9.17) is 10.5 Å². The molecule has 1 aromatic rings. The second kappa shape index (κ2) is 7.87. The summed E-state index contributed by atoms with van der Waals surface area (Å²) in [5, 5.41) is 2.29. The van der Waals surface area contributed by atoms with Gasteiger partial charge in [-0.3, -0.25) is 14.9 Å². The van der Waals surface area contributed by atoms with Crippen LogP contribution in [0.5, 0.6) is 5.75 Å². The molecule has 2 rings (SSSR count). The van der Waals surface area contributed by atoms with Crippen LogP contribution in [0.4, 0.5) is 4.79 Å². The monoisotopic (exact) mass is 337 g/mol.